The maximum Gasteiger partial charge on any atom is 0.0879 e. The van der Waals surface area contributed by atoms with Gasteiger partial charge in [-0.3, -0.25) is 0 Å². The Morgan fingerprint density at radius 1 is 0.769 bits per heavy atom. The Hall–Kier alpha value is -1.02. The second-order valence-electron chi connectivity index (χ2n) is 8.74. The van der Waals surface area contributed by atoms with Crippen molar-refractivity contribution in [2.45, 2.75) is 104 Å². The Morgan fingerprint density at radius 3 is 1.85 bits per heavy atom. The maximum absolute atomic E-state index is 10.7. The van der Waals surface area contributed by atoms with E-state index in [2.05, 4.69) is 56.9 Å². The van der Waals surface area contributed by atoms with E-state index in [9.17, 15) is 5.11 Å². The molecule has 0 saturated heterocycles. The first-order chi connectivity index (χ1) is 12.4. The number of allylic oxidation sites excluding steroid dienone is 2. The molecule has 148 valence electrons. The summed E-state index contributed by atoms with van der Waals surface area (Å²) in [6.07, 6.45) is 15.1. The molecular formula is C24H42OSi. The highest BCUT2D eigenvalue weighted by Crippen LogP contribution is 2.26. The van der Waals surface area contributed by atoms with Crippen LogP contribution >= 0.6 is 0 Å². The molecule has 1 aromatic rings. The van der Waals surface area contributed by atoms with Gasteiger partial charge >= 0.3 is 0 Å². The second-order valence-corrected chi connectivity index (χ2v) is 13.8. The van der Waals surface area contributed by atoms with Gasteiger partial charge in [-0.15, -0.1) is 0 Å². The van der Waals surface area contributed by atoms with Crippen molar-refractivity contribution in [1.82, 2.24) is 0 Å². The molecule has 0 aliphatic heterocycles. The van der Waals surface area contributed by atoms with Crippen molar-refractivity contribution in [2.75, 3.05) is 0 Å². The average molecular weight is 375 g/mol. The molecule has 26 heavy (non-hydrogen) atoms. The molecule has 0 unspecified atom stereocenters. The summed E-state index contributed by atoms with van der Waals surface area (Å²) in [4.78, 5) is 0. The minimum absolute atomic E-state index is 0.688. The van der Waals surface area contributed by atoms with Gasteiger partial charge in [-0.2, -0.15) is 0 Å². The maximum atomic E-state index is 10.7. The quantitative estimate of drug-likeness (QED) is 0.197. The lowest BCUT2D eigenvalue weighted by Crippen LogP contribution is -2.26. The molecule has 0 amide bonds. The normalized spacial score (nSPS) is 12.9. The summed E-state index contributed by atoms with van der Waals surface area (Å²) < 4.78 is 0. The molecular weight excluding hydrogens is 332 g/mol. The van der Waals surface area contributed by atoms with E-state index < -0.39 is 8.07 Å². The summed E-state index contributed by atoms with van der Waals surface area (Å²) in [5, 5.41) is 12.1. The highest BCUT2D eigenvalue weighted by atomic mass is 28.3. The van der Waals surface area contributed by atoms with E-state index in [1.807, 2.05) is 0 Å². The molecule has 0 bridgehead atoms. The lowest BCUT2D eigenvalue weighted by atomic mass is 10.1. The van der Waals surface area contributed by atoms with Crippen LogP contribution in [-0.4, -0.2) is 13.2 Å². The number of unbranched alkanes of at least 4 members (excludes halogenated alkanes) is 8. The van der Waals surface area contributed by atoms with Crippen LogP contribution in [0.1, 0.15) is 83.1 Å². The van der Waals surface area contributed by atoms with Gasteiger partial charge in [0.1, 0.15) is 0 Å². The number of aryl methyl sites for hydroxylation is 1. The fourth-order valence-electron chi connectivity index (χ4n) is 3.62. The van der Waals surface area contributed by atoms with Gasteiger partial charge in [0, 0.05) is 6.42 Å². The van der Waals surface area contributed by atoms with Crippen LogP contribution in [-0.2, 0) is 6.42 Å². The number of aliphatic hydroxyl groups is 1. The van der Waals surface area contributed by atoms with Crippen molar-refractivity contribution in [3.05, 3.63) is 46.9 Å². The van der Waals surface area contributed by atoms with Gasteiger partial charge in [-0.05, 0) is 30.0 Å². The molecule has 0 fully saturated rings. The van der Waals surface area contributed by atoms with Crippen molar-refractivity contribution < 1.29 is 5.11 Å². The highest BCUT2D eigenvalue weighted by Gasteiger charge is 2.22. The van der Waals surface area contributed by atoms with E-state index >= 15 is 0 Å². The zero-order valence-corrected chi connectivity index (χ0v) is 18.8. The van der Waals surface area contributed by atoms with Gasteiger partial charge in [0.15, 0.2) is 0 Å². The molecule has 1 nitrogen and oxygen atoms in total. The third-order valence-electron chi connectivity index (χ3n) is 5.28. The van der Waals surface area contributed by atoms with Crippen LogP contribution in [0.3, 0.4) is 0 Å². The fourth-order valence-corrected chi connectivity index (χ4v) is 5.54. The Bertz CT molecular complexity index is 499. The molecule has 0 saturated carbocycles. The van der Waals surface area contributed by atoms with Gasteiger partial charge in [-0.25, -0.2) is 0 Å². The largest absolute Gasteiger partial charge is 0.513 e. The van der Waals surface area contributed by atoms with Gasteiger partial charge in [0.25, 0.3) is 0 Å². The Kier molecular flexibility index (Phi) is 11.7. The van der Waals surface area contributed by atoms with Crippen molar-refractivity contribution >= 4 is 8.07 Å². The van der Waals surface area contributed by atoms with E-state index in [1.54, 1.807) is 0 Å². The molecule has 1 aromatic carbocycles. The van der Waals surface area contributed by atoms with E-state index in [0.29, 0.717) is 5.76 Å². The summed E-state index contributed by atoms with van der Waals surface area (Å²) in [6, 6.07) is 10.5. The number of hydrogen-bond acceptors (Lipinski definition) is 1. The molecule has 0 heterocycles. The number of benzene rings is 1. The zero-order valence-electron chi connectivity index (χ0n) is 17.8. The topological polar surface area (TPSA) is 20.2 Å². The van der Waals surface area contributed by atoms with Crippen LogP contribution in [0.4, 0.5) is 0 Å². The molecule has 1 rings (SSSR count). The summed E-state index contributed by atoms with van der Waals surface area (Å²) in [5.74, 6) is 0.688. The Balaban J connectivity index is 2.36. The van der Waals surface area contributed by atoms with E-state index in [-0.39, 0.29) is 0 Å². The van der Waals surface area contributed by atoms with Crippen molar-refractivity contribution in [1.29, 1.82) is 0 Å². The average Bonchev–Trinajstić information content (AvgIpc) is 2.61. The van der Waals surface area contributed by atoms with Crippen molar-refractivity contribution in [3.63, 3.8) is 0 Å². The van der Waals surface area contributed by atoms with E-state index in [0.717, 1.165) is 19.3 Å². The molecule has 2 heteroatoms. The van der Waals surface area contributed by atoms with Crippen LogP contribution in [0, 0.1) is 0 Å². The monoisotopic (exact) mass is 374 g/mol. The third-order valence-corrected chi connectivity index (χ3v) is 7.63. The smallest absolute Gasteiger partial charge is 0.0879 e. The molecule has 0 aliphatic carbocycles. The summed E-state index contributed by atoms with van der Waals surface area (Å²) >= 11 is 0. The van der Waals surface area contributed by atoms with Crippen LogP contribution in [0.25, 0.3) is 0 Å². The molecule has 0 aliphatic rings. The Labute approximate surface area is 163 Å². The molecule has 0 radical (unpaired) electrons. The minimum atomic E-state index is -1.45. The third kappa shape index (κ3) is 10.2. The summed E-state index contributed by atoms with van der Waals surface area (Å²) in [5.41, 5.74) is 1.32. The van der Waals surface area contributed by atoms with Gasteiger partial charge in [0.05, 0.1) is 13.8 Å². The second kappa shape index (κ2) is 13.2. The highest BCUT2D eigenvalue weighted by molar-refractivity contribution is 6.83. The van der Waals surface area contributed by atoms with Gasteiger partial charge in [-0.1, -0.05) is 108 Å². The standard InChI is InChI=1S/C24H42OSi/c1-5-6-7-8-9-10-11-12-16-19-24(26(2,3)4)23(25)21-20-22-17-14-13-15-18-22/h13-15,17-18,25H,5-12,16,19-21H2,1-4H3/b24-23-. The van der Waals surface area contributed by atoms with E-state index in [4.69, 9.17) is 0 Å². The van der Waals surface area contributed by atoms with Gasteiger partial charge < -0.3 is 5.11 Å². The lowest BCUT2D eigenvalue weighted by Gasteiger charge is -2.23. The first kappa shape index (κ1) is 23.0. The molecule has 1 N–H and O–H groups in total. The predicted octanol–water partition coefficient (Wildman–Crippen LogP) is 8.23. The van der Waals surface area contributed by atoms with Gasteiger partial charge in [0.2, 0.25) is 0 Å². The number of aliphatic hydroxyl groups excluding tert-OH is 1. The van der Waals surface area contributed by atoms with Crippen molar-refractivity contribution in [3.8, 4) is 0 Å². The van der Waals surface area contributed by atoms with Crippen LogP contribution in [0.15, 0.2) is 41.3 Å². The predicted molar refractivity (Wildman–Crippen MR) is 120 cm³/mol. The fraction of sp³-hybridized carbons (Fsp3) is 0.667. The lowest BCUT2D eigenvalue weighted by molar-refractivity contribution is 0.381. The van der Waals surface area contributed by atoms with Crippen molar-refractivity contribution in [2.24, 2.45) is 0 Å². The zero-order chi connectivity index (χ0) is 19.3. The number of hydrogen-bond donors (Lipinski definition) is 1. The van der Waals surface area contributed by atoms with E-state index in [1.165, 1.54) is 68.5 Å². The molecule has 0 aromatic heterocycles. The minimum Gasteiger partial charge on any atom is -0.513 e. The SMILES string of the molecule is CCCCCCCCCCC/C(=C(/O)CCc1ccccc1)[Si](C)(C)C. The number of rotatable bonds is 14. The summed E-state index contributed by atoms with van der Waals surface area (Å²) in [6.45, 7) is 9.39. The molecule has 0 atom stereocenters. The van der Waals surface area contributed by atoms with Crippen LogP contribution in [0.2, 0.25) is 19.6 Å². The molecule has 0 spiro atoms. The van der Waals surface area contributed by atoms with Crippen LogP contribution in [0.5, 0.6) is 0 Å². The summed E-state index contributed by atoms with van der Waals surface area (Å²) in [7, 11) is -1.45. The Morgan fingerprint density at radius 2 is 1.31 bits per heavy atom. The first-order valence-corrected chi connectivity index (χ1v) is 14.4. The van der Waals surface area contributed by atoms with Crippen LogP contribution < -0.4 is 0 Å². The first-order valence-electron chi connectivity index (χ1n) is 10.9.